The van der Waals surface area contributed by atoms with Crippen LogP contribution in [-0.4, -0.2) is 119 Å². The van der Waals surface area contributed by atoms with E-state index in [2.05, 4.69) is 0 Å². The van der Waals surface area contributed by atoms with Crippen LogP contribution in [0, 0.1) is 0 Å². The van der Waals surface area contributed by atoms with Gasteiger partial charge in [0.25, 0.3) is 0 Å². The molecule has 3 rings (SSSR count). The first-order valence-electron chi connectivity index (χ1n) is 10.1. The fraction of sp³-hybridized carbons (Fsp3) is 0.650. The number of aliphatic hydroxyl groups is 6. The molecule has 0 aliphatic carbocycles. The third-order valence-corrected chi connectivity index (χ3v) is 5.38. The van der Waals surface area contributed by atoms with Gasteiger partial charge in [-0.1, -0.05) is 0 Å². The van der Waals surface area contributed by atoms with Crippen molar-refractivity contribution in [3.05, 3.63) is 23.8 Å². The molecule has 2 fully saturated rings. The summed E-state index contributed by atoms with van der Waals surface area (Å²) in [6.07, 6.45) is -13.6. The van der Waals surface area contributed by atoms with Crippen molar-refractivity contribution in [1.82, 2.24) is 0 Å². The van der Waals surface area contributed by atoms with Gasteiger partial charge < -0.3 is 59.1 Å². The Labute approximate surface area is 188 Å². The lowest BCUT2D eigenvalue weighted by atomic mass is 9.99. The molecule has 0 unspecified atom stereocenters. The second kappa shape index (κ2) is 10.9. The van der Waals surface area contributed by atoms with E-state index in [0.717, 1.165) is 0 Å². The van der Waals surface area contributed by atoms with E-state index in [9.17, 15) is 35.4 Å². The van der Waals surface area contributed by atoms with Crippen molar-refractivity contribution in [1.29, 1.82) is 0 Å². The highest BCUT2D eigenvalue weighted by atomic mass is 16.7. The van der Waals surface area contributed by atoms with Gasteiger partial charge in [0.2, 0.25) is 6.29 Å². The number of carbonyl (C=O) groups excluding carboxylic acids is 1. The van der Waals surface area contributed by atoms with E-state index in [0.29, 0.717) is 5.75 Å². The minimum absolute atomic E-state index is 0.00575. The minimum atomic E-state index is -1.71. The zero-order valence-corrected chi connectivity index (χ0v) is 17.9. The molecule has 0 amide bonds. The van der Waals surface area contributed by atoms with Crippen molar-refractivity contribution in [2.24, 2.45) is 0 Å². The number of ether oxygens (including phenoxy) is 6. The summed E-state index contributed by atoms with van der Waals surface area (Å²) >= 11 is 0. The molecular weight excluding hydrogens is 448 g/mol. The van der Waals surface area contributed by atoms with Crippen LogP contribution in [0.5, 0.6) is 11.5 Å². The lowest BCUT2D eigenvalue weighted by Gasteiger charge is -2.41. The largest absolute Gasteiger partial charge is 0.497 e. The van der Waals surface area contributed by atoms with Gasteiger partial charge in [-0.2, -0.15) is 0 Å². The van der Waals surface area contributed by atoms with Crippen LogP contribution in [0.2, 0.25) is 0 Å². The summed E-state index contributed by atoms with van der Waals surface area (Å²) in [5.74, 6) is -0.480. The smallest absolute Gasteiger partial charge is 0.341 e. The molecular formula is C20H28O13. The van der Waals surface area contributed by atoms with Crippen LogP contribution in [0.15, 0.2) is 18.2 Å². The molecule has 9 atom stereocenters. The lowest BCUT2D eigenvalue weighted by molar-refractivity contribution is -0.307. The van der Waals surface area contributed by atoms with Crippen molar-refractivity contribution in [2.45, 2.75) is 55.3 Å². The number of esters is 1. The number of hydrogen-bond acceptors (Lipinski definition) is 13. The fourth-order valence-electron chi connectivity index (χ4n) is 3.40. The van der Waals surface area contributed by atoms with Crippen molar-refractivity contribution in [3.8, 4) is 11.5 Å². The molecule has 2 aliphatic rings. The number of methoxy groups -OCH3 is 2. The zero-order chi connectivity index (χ0) is 24.3. The quantitative estimate of drug-likeness (QED) is 0.220. The number of carbonyl (C=O) groups is 1. The first-order chi connectivity index (χ1) is 15.7. The maximum absolute atomic E-state index is 12.1. The highest BCUT2D eigenvalue weighted by Crippen LogP contribution is 2.30. The molecule has 2 saturated heterocycles. The molecule has 186 valence electrons. The minimum Gasteiger partial charge on any atom is -0.497 e. The topological polar surface area (TPSA) is 194 Å². The normalized spacial score (nSPS) is 36.8. The second-order valence-corrected chi connectivity index (χ2v) is 7.57. The summed E-state index contributed by atoms with van der Waals surface area (Å²) in [6, 6.07) is 4.22. The molecule has 0 radical (unpaired) electrons. The van der Waals surface area contributed by atoms with E-state index in [1.165, 1.54) is 32.4 Å². The Balaban J connectivity index is 1.73. The van der Waals surface area contributed by atoms with Gasteiger partial charge in [-0.05, 0) is 12.1 Å². The summed E-state index contributed by atoms with van der Waals surface area (Å²) in [4.78, 5) is 12.1. The maximum atomic E-state index is 12.1. The van der Waals surface area contributed by atoms with Gasteiger partial charge in [-0.25, -0.2) is 4.79 Å². The fourth-order valence-corrected chi connectivity index (χ4v) is 3.40. The monoisotopic (exact) mass is 476 g/mol. The van der Waals surface area contributed by atoms with Crippen LogP contribution in [0.1, 0.15) is 10.4 Å². The van der Waals surface area contributed by atoms with E-state index in [4.69, 9.17) is 28.4 Å². The summed E-state index contributed by atoms with van der Waals surface area (Å²) < 4.78 is 31.5. The Kier molecular flexibility index (Phi) is 8.44. The van der Waals surface area contributed by atoms with Gasteiger partial charge >= 0.3 is 5.97 Å². The average molecular weight is 476 g/mol. The molecule has 0 spiro atoms. The zero-order valence-electron chi connectivity index (χ0n) is 17.9. The lowest BCUT2D eigenvalue weighted by Crippen LogP contribution is -2.61. The molecule has 1 aromatic rings. The van der Waals surface area contributed by atoms with Crippen molar-refractivity contribution in [2.75, 3.05) is 27.4 Å². The van der Waals surface area contributed by atoms with Crippen LogP contribution < -0.4 is 9.47 Å². The number of aliphatic hydroxyl groups excluding tert-OH is 6. The van der Waals surface area contributed by atoms with E-state index >= 15 is 0 Å². The van der Waals surface area contributed by atoms with Gasteiger partial charge in [-0.3, -0.25) is 0 Å². The Hall–Kier alpha value is -2.07. The van der Waals surface area contributed by atoms with Crippen LogP contribution in [0.4, 0.5) is 0 Å². The number of benzene rings is 1. The van der Waals surface area contributed by atoms with E-state index in [-0.39, 0.29) is 17.9 Å². The van der Waals surface area contributed by atoms with Gasteiger partial charge in [0.1, 0.15) is 59.8 Å². The van der Waals surface area contributed by atoms with Gasteiger partial charge in [0.15, 0.2) is 6.29 Å². The summed E-state index contributed by atoms with van der Waals surface area (Å²) in [6.45, 7) is -0.743. The first kappa shape index (κ1) is 25.6. The molecule has 13 nitrogen and oxygen atoms in total. The second-order valence-electron chi connectivity index (χ2n) is 7.57. The summed E-state index contributed by atoms with van der Waals surface area (Å²) in [7, 11) is 2.57. The van der Waals surface area contributed by atoms with Crippen molar-refractivity contribution in [3.63, 3.8) is 0 Å². The third kappa shape index (κ3) is 5.54. The van der Waals surface area contributed by atoms with E-state index < -0.39 is 67.9 Å². The van der Waals surface area contributed by atoms with Crippen molar-refractivity contribution >= 4 is 5.97 Å². The summed E-state index contributed by atoms with van der Waals surface area (Å²) in [5, 5.41) is 60.1. The standard InChI is InChI=1S/C20H28O13/c1-28-8-3-4-9(18(27)29-2)11(5-8)32-20-17(26)15(24)14(23)12(33-20)7-31-19-16(25)13(22)10(21)6-30-19/h3-5,10,12-17,19-26H,6-7H2,1-2H3/t10-,12-,13+,14-,15+,16-,17-,19-,20+/m1/s1. The van der Waals surface area contributed by atoms with Gasteiger partial charge in [-0.15, -0.1) is 0 Å². The molecule has 33 heavy (non-hydrogen) atoms. The van der Waals surface area contributed by atoms with Crippen LogP contribution >= 0.6 is 0 Å². The highest BCUT2D eigenvalue weighted by Gasteiger charge is 2.46. The Morgan fingerprint density at radius 3 is 2.33 bits per heavy atom. The SMILES string of the molecule is COC(=O)c1ccc(OC)cc1O[C@H]1O[C@H](CO[C@H]2OC[C@@H](O)[C@H](O)[C@H]2O)[C@@H](O)[C@H](O)[C@H]1O. The van der Waals surface area contributed by atoms with Crippen molar-refractivity contribution < 1.29 is 63.9 Å². The van der Waals surface area contributed by atoms with Crippen LogP contribution in [-0.2, 0) is 18.9 Å². The third-order valence-electron chi connectivity index (χ3n) is 5.38. The molecule has 6 N–H and O–H groups in total. The molecule has 0 saturated carbocycles. The van der Waals surface area contributed by atoms with Gasteiger partial charge in [0, 0.05) is 6.07 Å². The molecule has 1 aromatic carbocycles. The maximum Gasteiger partial charge on any atom is 0.341 e. The molecule has 0 aromatic heterocycles. The predicted molar refractivity (Wildman–Crippen MR) is 105 cm³/mol. The van der Waals surface area contributed by atoms with Crippen LogP contribution in [0.3, 0.4) is 0 Å². The molecule has 2 heterocycles. The van der Waals surface area contributed by atoms with E-state index in [1.807, 2.05) is 0 Å². The van der Waals surface area contributed by atoms with E-state index in [1.54, 1.807) is 0 Å². The highest BCUT2D eigenvalue weighted by molar-refractivity contribution is 5.92. The molecule has 0 bridgehead atoms. The molecule has 13 heteroatoms. The Morgan fingerprint density at radius 1 is 0.970 bits per heavy atom. The Bertz CT molecular complexity index is 804. The predicted octanol–water partition coefficient (Wildman–Crippen LogP) is -2.88. The molecule has 2 aliphatic heterocycles. The number of hydrogen-bond donors (Lipinski definition) is 6. The van der Waals surface area contributed by atoms with Gasteiger partial charge in [0.05, 0.1) is 27.4 Å². The Morgan fingerprint density at radius 2 is 1.67 bits per heavy atom. The summed E-state index contributed by atoms with van der Waals surface area (Å²) in [5.41, 5.74) is -0.00575. The number of rotatable bonds is 7. The average Bonchev–Trinajstić information content (AvgIpc) is 2.82. The first-order valence-corrected chi connectivity index (χ1v) is 10.1. The van der Waals surface area contributed by atoms with Crippen LogP contribution in [0.25, 0.3) is 0 Å².